The Morgan fingerprint density at radius 3 is 2.40 bits per heavy atom. The molecule has 15 heavy (non-hydrogen) atoms. The Hall–Kier alpha value is -1.28. The summed E-state index contributed by atoms with van der Waals surface area (Å²) in [5.74, 6) is 0. The van der Waals surface area contributed by atoms with Crippen LogP contribution in [-0.2, 0) is 10.0 Å². The van der Waals surface area contributed by atoms with Gasteiger partial charge in [0.1, 0.15) is 5.56 Å². The first-order valence-electron chi connectivity index (χ1n) is 3.78. The molecule has 0 aliphatic carbocycles. The summed E-state index contributed by atoms with van der Waals surface area (Å²) in [4.78, 5) is 12.3. The van der Waals surface area contributed by atoms with Gasteiger partial charge in [-0.25, -0.2) is 22.3 Å². The summed E-state index contributed by atoms with van der Waals surface area (Å²) in [5.41, 5.74) is -2.12. The summed E-state index contributed by atoms with van der Waals surface area (Å²) >= 11 is 0. The molecule has 0 aliphatic rings. The van der Waals surface area contributed by atoms with E-state index in [0.717, 1.165) is 6.07 Å². The van der Waals surface area contributed by atoms with Crippen molar-refractivity contribution in [3.05, 3.63) is 27.7 Å². The van der Waals surface area contributed by atoms with E-state index in [1.54, 1.807) is 0 Å². The largest absolute Gasteiger partial charge is 0.326 e. The molecule has 0 bridgehead atoms. The molecule has 0 aromatic carbocycles. The fourth-order valence-electron chi connectivity index (χ4n) is 1.11. The van der Waals surface area contributed by atoms with Gasteiger partial charge in [-0.15, -0.1) is 0 Å². The van der Waals surface area contributed by atoms with Gasteiger partial charge in [0.15, 0.2) is 0 Å². The number of H-pyrrole nitrogens is 1. The molecule has 0 fully saturated rings. The monoisotopic (exact) mass is 238 g/mol. The number of aromatic nitrogens is 1. The van der Waals surface area contributed by atoms with Crippen molar-refractivity contribution in [2.45, 2.75) is 18.2 Å². The van der Waals surface area contributed by atoms with Gasteiger partial charge in [-0.2, -0.15) is 0 Å². The molecule has 0 aliphatic heterocycles. The Kier molecular flexibility index (Phi) is 2.91. The van der Waals surface area contributed by atoms with Gasteiger partial charge in [-0.3, -0.25) is 4.79 Å². The highest BCUT2D eigenvalue weighted by Crippen LogP contribution is 2.22. The second-order valence-electron chi connectivity index (χ2n) is 2.91. The van der Waals surface area contributed by atoms with Crippen LogP contribution < -0.4 is 10.7 Å². The molecule has 1 heterocycles. The quantitative estimate of drug-likeness (QED) is 0.774. The van der Waals surface area contributed by atoms with Crippen LogP contribution in [0.15, 0.2) is 15.8 Å². The molecular weight excluding hydrogens is 230 g/mol. The molecule has 5 nitrogen and oxygen atoms in total. The fourth-order valence-corrected chi connectivity index (χ4v) is 1.94. The zero-order valence-corrected chi connectivity index (χ0v) is 8.44. The van der Waals surface area contributed by atoms with Gasteiger partial charge in [0.25, 0.3) is 12.0 Å². The Bertz CT molecular complexity index is 536. The summed E-state index contributed by atoms with van der Waals surface area (Å²) < 4.78 is 46.7. The molecule has 0 unspecified atom stereocenters. The van der Waals surface area contributed by atoms with Crippen molar-refractivity contribution in [2.24, 2.45) is 5.14 Å². The third-order valence-corrected chi connectivity index (χ3v) is 2.64. The van der Waals surface area contributed by atoms with Crippen molar-refractivity contribution < 1.29 is 17.2 Å². The van der Waals surface area contributed by atoms with Crippen LogP contribution in [0, 0.1) is 6.92 Å². The van der Waals surface area contributed by atoms with Gasteiger partial charge in [0.05, 0.1) is 4.90 Å². The minimum Gasteiger partial charge on any atom is -0.326 e. The topological polar surface area (TPSA) is 93.0 Å². The van der Waals surface area contributed by atoms with Crippen LogP contribution in [0.5, 0.6) is 0 Å². The van der Waals surface area contributed by atoms with Gasteiger partial charge >= 0.3 is 0 Å². The van der Waals surface area contributed by atoms with E-state index in [-0.39, 0.29) is 5.69 Å². The second-order valence-corrected chi connectivity index (χ2v) is 4.43. The van der Waals surface area contributed by atoms with Crippen LogP contribution >= 0.6 is 0 Å². The highest BCUT2D eigenvalue weighted by atomic mass is 32.2. The number of pyridine rings is 1. The normalized spacial score (nSPS) is 12.1. The molecule has 0 amide bonds. The van der Waals surface area contributed by atoms with E-state index in [0.29, 0.717) is 0 Å². The van der Waals surface area contributed by atoms with Gasteiger partial charge in [0, 0.05) is 5.69 Å². The predicted octanol–water partition coefficient (Wildman–Crippen LogP) is 0.268. The number of sulfonamides is 1. The highest BCUT2D eigenvalue weighted by Gasteiger charge is 2.24. The summed E-state index contributed by atoms with van der Waals surface area (Å²) in [6.07, 6.45) is -3.19. The van der Waals surface area contributed by atoms with Gasteiger partial charge in [-0.1, -0.05) is 0 Å². The fraction of sp³-hybridized carbons (Fsp3) is 0.286. The minimum absolute atomic E-state index is 0.147. The summed E-state index contributed by atoms with van der Waals surface area (Å²) in [6.45, 7) is 1.37. The van der Waals surface area contributed by atoms with E-state index in [2.05, 4.69) is 4.98 Å². The first-order chi connectivity index (χ1) is 6.73. The molecule has 0 radical (unpaired) electrons. The predicted molar refractivity (Wildman–Crippen MR) is 48.1 cm³/mol. The van der Waals surface area contributed by atoms with Crippen molar-refractivity contribution in [2.75, 3.05) is 0 Å². The average Bonchev–Trinajstić information content (AvgIpc) is 1.99. The Labute approximate surface area is 84.0 Å². The molecule has 84 valence electrons. The molecule has 8 heteroatoms. The zero-order valence-electron chi connectivity index (χ0n) is 7.62. The first-order valence-corrected chi connectivity index (χ1v) is 5.33. The van der Waals surface area contributed by atoms with Crippen LogP contribution in [0.4, 0.5) is 8.78 Å². The lowest BCUT2D eigenvalue weighted by Gasteiger charge is -2.06. The summed E-state index contributed by atoms with van der Waals surface area (Å²) in [5, 5.41) is 4.72. The molecular formula is C7H8F2N2O3S. The molecule has 0 saturated carbocycles. The second kappa shape index (κ2) is 3.70. The number of halogens is 2. The summed E-state index contributed by atoms with van der Waals surface area (Å²) in [6, 6.07) is 0.901. The van der Waals surface area contributed by atoms with E-state index in [1.165, 1.54) is 6.92 Å². The van der Waals surface area contributed by atoms with Crippen LogP contribution in [0.1, 0.15) is 17.7 Å². The number of hydrogen-bond acceptors (Lipinski definition) is 3. The number of rotatable bonds is 2. The molecule has 1 rings (SSSR count). The lowest BCUT2D eigenvalue weighted by molar-refractivity contribution is 0.146. The first kappa shape index (κ1) is 11.8. The van der Waals surface area contributed by atoms with Crippen molar-refractivity contribution >= 4 is 10.0 Å². The smallest absolute Gasteiger partial charge is 0.270 e. The highest BCUT2D eigenvalue weighted by molar-refractivity contribution is 7.89. The SMILES string of the molecule is Cc1cc(S(N)(=O)=O)c(C(F)F)c(=O)[nH]1. The lowest BCUT2D eigenvalue weighted by atomic mass is 10.2. The van der Waals surface area contributed by atoms with Crippen LogP contribution in [0.25, 0.3) is 0 Å². The molecule has 1 aromatic heterocycles. The Morgan fingerprint density at radius 2 is 2.00 bits per heavy atom. The maximum atomic E-state index is 12.4. The third kappa shape index (κ3) is 2.39. The van der Waals surface area contributed by atoms with Crippen molar-refractivity contribution in [3.63, 3.8) is 0 Å². The molecule has 0 saturated heterocycles. The average molecular weight is 238 g/mol. The minimum atomic E-state index is -4.32. The number of aromatic amines is 1. The number of nitrogens with two attached hydrogens (primary N) is 1. The van der Waals surface area contributed by atoms with Crippen molar-refractivity contribution in [1.29, 1.82) is 0 Å². The van der Waals surface area contributed by atoms with Gasteiger partial charge in [-0.05, 0) is 13.0 Å². The van der Waals surface area contributed by atoms with Crippen molar-refractivity contribution in [3.8, 4) is 0 Å². The molecule has 3 N–H and O–H groups in total. The standard InChI is InChI=1S/C7H8F2N2O3S/c1-3-2-4(15(10,13)14)5(6(8)9)7(12)11-3/h2,6H,1H3,(H,11,12)(H2,10,13,14). The van der Waals surface area contributed by atoms with Crippen LogP contribution in [0.2, 0.25) is 0 Å². The number of nitrogens with one attached hydrogen (secondary N) is 1. The zero-order chi connectivity index (χ0) is 11.8. The van der Waals surface area contributed by atoms with Crippen LogP contribution in [-0.4, -0.2) is 13.4 Å². The van der Waals surface area contributed by atoms with Gasteiger partial charge < -0.3 is 4.98 Å². The van der Waals surface area contributed by atoms with E-state index in [9.17, 15) is 22.0 Å². The maximum Gasteiger partial charge on any atom is 0.270 e. The Balaban J connectivity index is 3.70. The summed E-state index contributed by atoms with van der Waals surface area (Å²) in [7, 11) is -4.32. The third-order valence-electron chi connectivity index (χ3n) is 1.69. The van der Waals surface area contributed by atoms with Crippen molar-refractivity contribution in [1.82, 2.24) is 4.98 Å². The maximum absolute atomic E-state index is 12.4. The van der Waals surface area contributed by atoms with E-state index in [4.69, 9.17) is 5.14 Å². The molecule has 1 aromatic rings. The van der Waals surface area contributed by atoms with E-state index < -0.39 is 32.5 Å². The van der Waals surface area contributed by atoms with Crippen LogP contribution in [0.3, 0.4) is 0 Å². The molecule has 0 atom stereocenters. The van der Waals surface area contributed by atoms with E-state index in [1.807, 2.05) is 0 Å². The number of aryl methyl sites for hydroxylation is 1. The number of alkyl halides is 2. The Morgan fingerprint density at radius 1 is 1.47 bits per heavy atom. The van der Waals surface area contributed by atoms with Gasteiger partial charge in [0.2, 0.25) is 10.0 Å². The lowest BCUT2D eigenvalue weighted by Crippen LogP contribution is -2.23. The number of hydrogen-bond donors (Lipinski definition) is 2. The van der Waals surface area contributed by atoms with E-state index >= 15 is 0 Å². The molecule has 0 spiro atoms. The number of primary sulfonamides is 1.